The van der Waals surface area contributed by atoms with Crippen LogP contribution in [0.4, 0.5) is 0 Å². The number of aromatic nitrogens is 2. The smallest absolute Gasteiger partial charge is 0.227 e. The van der Waals surface area contributed by atoms with Gasteiger partial charge in [-0.05, 0) is 38.7 Å². The van der Waals surface area contributed by atoms with Crippen LogP contribution in [0.5, 0.6) is 0 Å². The van der Waals surface area contributed by atoms with Gasteiger partial charge in [0.1, 0.15) is 0 Å². The van der Waals surface area contributed by atoms with Crippen molar-refractivity contribution < 1.29 is 4.79 Å². The zero-order chi connectivity index (χ0) is 13.8. The first-order valence-corrected chi connectivity index (χ1v) is 7.13. The molecule has 2 heterocycles. The summed E-state index contributed by atoms with van der Waals surface area (Å²) in [6.45, 7) is 6.36. The van der Waals surface area contributed by atoms with Crippen molar-refractivity contribution in [3.05, 3.63) is 18.0 Å². The van der Waals surface area contributed by atoms with E-state index in [4.69, 9.17) is 5.73 Å². The molecule has 1 unspecified atom stereocenters. The largest absolute Gasteiger partial charge is 0.342 e. The van der Waals surface area contributed by atoms with Crippen LogP contribution in [0, 0.1) is 5.92 Å². The van der Waals surface area contributed by atoms with E-state index in [9.17, 15) is 4.79 Å². The Morgan fingerprint density at radius 1 is 1.42 bits per heavy atom. The second-order valence-electron chi connectivity index (χ2n) is 5.59. The van der Waals surface area contributed by atoms with Gasteiger partial charge in [-0.2, -0.15) is 5.10 Å². The lowest BCUT2D eigenvalue weighted by atomic mass is 10.0. The maximum absolute atomic E-state index is 12.3. The molecule has 5 nitrogen and oxygen atoms in total. The van der Waals surface area contributed by atoms with Gasteiger partial charge in [-0.15, -0.1) is 0 Å². The molecule has 0 saturated carbocycles. The van der Waals surface area contributed by atoms with Crippen molar-refractivity contribution in [3.63, 3.8) is 0 Å². The van der Waals surface area contributed by atoms with Gasteiger partial charge in [0.15, 0.2) is 0 Å². The van der Waals surface area contributed by atoms with Gasteiger partial charge in [0, 0.05) is 31.9 Å². The first-order chi connectivity index (χ1) is 9.11. The van der Waals surface area contributed by atoms with E-state index in [-0.39, 0.29) is 11.8 Å². The summed E-state index contributed by atoms with van der Waals surface area (Å²) in [5.41, 5.74) is 6.88. The average molecular weight is 264 g/mol. The fourth-order valence-electron chi connectivity index (χ4n) is 2.52. The number of nitrogens with zero attached hydrogens (tertiary/aromatic N) is 3. The number of rotatable bonds is 5. The second kappa shape index (κ2) is 6.19. The third-order valence-electron chi connectivity index (χ3n) is 3.72. The Hall–Kier alpha value is -1.36. The molecule has 0 bridgehead atoms. The van der Waals surface area contributed by atoms with Crippen molar-refractivity contribution in [1.29, 1.82) is 0 Å². The zero-order valence-electron chi connectivity index (χ0n) is 11.9. The monoisotopic (exact) mass is 264 g/mol. The molecule has 19 heavy (non-hydrogen) atoms. The lowest BCUT2D eigenvalue weighted by Gasteiger charge is -2.21. The van der Waals surface area contributed by atoms with Gasteiger partial charge >= 0.3 is 0 Å². The molecule has 2 N–H and O–H groups in total. The Kier molecular flexibility index (Phi) is 4.58. The molecule has 1 aliphatic heterocycles. The normalized spacial score (nSPS) is 17.2. The predicted molar refractivity (Wildman–Crippen MR) is 74.7 cm³/mol. The van der Waals surface area contributed by atoms with E-state index in [0.29, 0.717) is 19.0 Å². The average Bonchev–Trinajstić information content (AvgIpc) is 3.06. The van der Waals surface area contributed by atoms with Gasteiger partial charge < -0.3 is 10.6 Å². The van der Waals surface area contributed by atoms with Crippen molar-refractivity contribution in [1.82, 2.24) is 14.7 Å². The van der Waals surface area contributed by atoms with Crippen molar-refractivity contribution >= 4 is 5.91 Å². The van der Waals surface area contributed by atoms with Crippen LogP contribution >= 0.6 is 0 Å². The molecule has 1 amide bonds. The molecule has 2 rings (SSSR count). The Balaban J connectivity index is 1.99. The lowest BCUT2D eigenvalue weighted by molar-refractivity contribution is -0.134. The van der Waals surface area contributed by atoms with Crippen LogP contribution in [0.15, 0.2) is 12.4 Å². The van der Waals surface area contributed by atoms with Crippen LogP contribution in [-0.4, -0.2) is 40.2 Å². The third kappa shape index (κ3) is 3.35. The van der Waals surface area contributed by atoms with Gasteiger partial charge in [-0.1, -0.05) is 0 Å². The van der Waals surface area contributed by atoms with Crippen molar-refractivity contribution in [2.45, 2.75) is 39.2 Å². The highest BCUT2D eigenvalue weighted by Crippen LogP contribution is 2.16. The number of hydrogen-bond donors (Lipinski definition) is 1. The molecule has 1 fully saturated rings. The minimum atomic E-state index is -0.108. The summed E-state index contributed by atoms with van der Waals surface area (Å²) in [5.74, 6) is 0.0974. The lowest BCUT2D eigenvalue weighted by Crippen LogP contribution is -2.38. The summed E-state index contributed by atoms with van der Waals surface area (Å²) in [6.07, 6.45) is 6.80. The van der Waals surface area contributed by atoms with Gasteiger partial charge in [0.05, 0.1) is 12.1 Å². The number of carbonyl (C=O) groups is 1. The minimum Gasteiger partial charge on any atom is -0.342 e. The minimum absolute atomic E-state index is 0.108. The molecule has 0 radical (unpaired) electrons. The standard InChI is InChI=1S/C14H24N4O/c1-11(2)18-10-12(9-16-18)7-13(8-15)14(19)17-5-3-4-6-17/h9-11,13H,3-8,15H2,1-2H3. The number of carbonyl (C=O) groups excluding carboxylic acids is 1. The van der Waals surface area contributed by atoms with Gasteiger partial charge in [0.2, 0.25) is 5.91 Å². The van der Waals surface area contributed by atoms with E-state index in [1.54, 1.807) is 0 Å². The van der Waals surface area contributed by atoms with Gasteiger partial charge in [0.25, 0.3) is 0 Å². The van der Waals surface area contributed by atoms with Gasteiger partial charge in [-0.25, -0.2) is 0 Å². The molecule has 1 aromatic heterocycles. The fourth-order valence-corrected chi connectivity index (χ4v) is 2.52. The summed E-state index contributed by atoms with van der Waals surface area (Å²) in [5, 5.41) is 4.31. The van der Waals surface area contributed by atoms with E-state index in [0.717, 1.165) is 31.5 Å². The number of likely N-dealkylation sites (tertiary alicyclic amines) is 1. The Bertz CT molecular complexity index is 421. The Morgan fingerprint density at radius 3 is 2.63 bits per heavy atom. The zero-order valence-corrected chi connectivity index (χ0v) is 11.9. The van der Waals surface area contributed by atoms with Crippen LogP contribution in [0.3, 0.4) is 0 Å². The Morgan fingerprint density at radius 2 is 2.11 bits per heavy atom. The number of amides is 1. The maximum Gasteiger partial charge on any atom is 0.227 e. The maximum atomic E-state index is 12.3. The molecular formula is C14H24N4O. The van der Waals surface area contributed by atoms with Crippen LogP contribution in [0.1, 0.15) is 38.3 Å². The van der Waals surface area contributed by atoms with E-state index >= 15 is 0 Å². The molecule has 1 aromatic rings. The summed E-state index contributed by atoms with van der Waals surface area (Å²) in [6, 6.07) is 0.347. The quantitative estimate of drug-likeness (QED) is 0.869. The predicted octanol–water partition coefficient (Wildman–Crippen LogP) is 1.20. The van der Waals surface area contributed by atoms with Crippen LogP contribution in [0.2, 0.25) is 0 Å². The molecule has 1 saturated heterocycles. The highest BCUT2D eigenvalue weighted by molar-refractivity contribution is 5.79. The topological polar surface area (TPSA) is 64.2 Å². The second-order valence-corrected chi connectivity index (χ2v) is 5.59. The molecule has 1 atom stereocenters. The first kappa shape index (κ1) is 14.1. The van der Waals surface area contributed by atoms with E-state index < -0.39 is 0 Å². The fraction of sp³-hybridized carbons (Fsp3) is 0.714. The summed E-state index contributed by atoms with van der Waals surface area (Å²) in [4.78, 5) is 14.3. The van der Waals surface area contributed by atoms with Crippen LogP contribution < -0.4 is 5.73 Å². The third-order valence-corrected chi connectivity index (χ3v) is 3.72. The van der Waals surface area contributed by atoms with E-state index in [1.807, 2.05) is 22.0 Å². The summed E-state index contributed by atoms with van der Waals surface area (Å²) >= 11 is 0. The van der Waals surface area contributed by atoms with Crippen molar-refractivity contribution in [2.24, 2.45) is 11.7 Å². The van der Waals surface area contributed by atoms with Crippen molar-refractivity contribution in [3.8, 4) is 0 Å². The Labute approximate surface area is 114 Å². The van der Waals surface area contributed by atoms with Gasteiger partial charge in [-0.3, -0.25) is 9.48 Å². The summed E-state index contributed by atoms with van der Waals surface area (Å²) in [7, 11) is 0. The molecular weight excluding hydrogens is 240 g/mol. The first-order valence-electron chi connectivity index (χ1n) is 7.13. The molecule has 1 aliphatic rings. The molecule has 5 heteroatoms. The number of hydrogen-bond acceptors (Lipinski definition) is 3. The highest BCUT2D eigenvalue weighted by Gasteiger charge is 2.25. The van der Waals surface area contributed by atoms with Crippen molar-refractivity contribution in [2.75, 3.05) is 19.6 Å². The molecule has 106 valence electrons. The van der Waals surface area contributed by atoms with Crippen LogP contribution in [0.25, 0.3) is 0 Å². The van der Waals surface area contributed by atoms with Crippen LogP contribution in [-0.2, 0) is 11.2 Å². The number of nitrogens with two attached hydrogens (primary N) is 1. The molecule has 0 aromatic carbocycles. The molecule has 0 aliphatic carbocycles. The highest BCUT2D eigenvalue weighted by atomic mass is 16.2. The SMILES string of the molecule is CC(C)n1cc(CC(CN)C(=O)N2CCCC2)cn1. The van der Waals surface area contributed by atoms with E-state index in [1.165, 1.54) is 0 Å². The summed E-state index contributed by atoms with van der Waals surface area (Å²) < 4.78 is 1.92. The molecule has 0 spiro atoms. The van der Waals surface area contributed by atoms with E-state index in [2.05, 4.69) is 18.9 Å².